The Morgan fingerprint density at radius 1 is 1.28 bits per heavy atom. The van der Waals surface area contributed by atoms with Crippen LogP contribution in [0.4, 0.5) is 0 Å². The van der Waals surface area contributed by atoms with Crippen LogP contribution in [0.2, 0.25) is 0 Å². The third kappa shape index (κ3) is 4.83. The number of ether oxygens (including phenoxy) is 1. The van der Waals surface area contributed by atoms with Crippen LogP contribution in [-0.2, 0) is 25.9 Å². The van der Waals surface area contributed by atoms with Crippen molar-refractivity contribution >= 4 is 29.9 Å². The highest BCUT2D eigenvalue weighted by Gasteiger charge is 2.17. The predicted molar refractivity (Wildman–Crippen MR) is 109 cm³/mol. The monoisotopic (exact) mass is 456 g/mol. The Morgan fingerprint density at radius 2 is 2.12 bits per heavy atom. The van der Waals surface area contributed by atoms with E-state index in [0.29, 0.717) is 6.54 Å². The Morgan fingerprint density at radius 3 is 2.92 bits per heavy atom. The molecule has 0 aliphatic carbocycles. The maximum absolute atomic E-state index is 5.38. The van der Waals surface area contributed by atoms with Gasteiger partial charge in [-0.15, -0.1) is 34.2 Å². The van der Waals surface area contributed by atoms with Gasteiger partial charge in [-0.2, -0.15) is 0 Å². The van der Waals surface area contributed by atoms with E-state index in [4.69, 9.17) is 4.74 Å². The van der Waals surface area contributed by atoms with Crippen LogP contribution in [0.5, 0.6) is 5.75 Å². The van der Waals surface area contributed by atoms with Gasteiger partial charge in [0.05, 0.1) is 13.7 Å². The Bertz CT molecular complexity index is 715. The number of para-hydroxylation sites is 1. The van der Waals surface area contributed by atoms with Gasteiger partial charge in [0.1, 0.15) is 11.6 Å². The number of hydrogen-bond donors (Lipinski definition) is 2. The lowest BCUT2D eigenvalue weighted by Crippen LogP contribution is -2.38. The van der Waals surface area contributed by atoms with Crippen molar-refractivity contribution in [2.75, 3.05) is 20.7 Å². The summed E-state index contributed by atoms with van der Waals surface area (Å²) in [7, 11) is 3.47. The van der Waals surface area contributed by atoms with E-state index in [1.807, 2.05) is 18.2 Å². The van der Waals surface area contributed by atoms with E-state index >= 15 is 0 Å². The van der Waals surface area contributed by atoms with Gasteiger partial charge in [-0.1, -0.05) is 18.2 Å². The average Bonchev–Trinajstić information content (AvgIpc) is 3.22. The molecule has 0 amide bonds. The van der Waals surface area contributed by atoms with E-state index in [1.165, 1.54) is 5.56 Å². The summed E-state index contributed by atoms with van der Waals surface area (Å²) in [6, 6.07) is 8.06. The number of aliphatic imine (C=N–C) groups is 1. The molecule has 1 aromatic heterocycles. The van der Waals surface area contributed by atoms with E-state index < -0.39 is 0 Å². The highest BCUT2D eigenvalue weighted by Crippen LogP contribution is 2.17. The second-order valence-electron chi connectivity index (χ2n) is 5.70. The highest BCUT2D eigenvalue weighted by molar-refractivity contribution is 14.0. The van der Waals surface area contributed by atoms with E-state index in [-0.39, 0.29) is 24.0 Å². The van der Waals surface area contributed by atoms with Gasteiger partial charge in [-0.25, -0.2) is 0 Å². The van der Waals surface area contributed by atoms with E-state index in [9.17, 15) is 0 Å². The first-order valence-corrected chi connectivity index (χ1v) is 8.29. The van der Waals surface area contributed by atoms with Gasteiger partial charge in [-0.05, 0) is 24.5 Å². The lowest BCUT2D eigenvalue weighted by molar-refractivity contribution is 0.409. The SMILES string of the molecule is CN=C(NCCc1ccccc1OC)NCc1nnc2n1CCC2.I. The van der Waals surface area contributed by atoms with Gasteiger partial charge in [-0.3, -0.25) is 4.99 Å². The fourth-order valence-electron chi connectivity index (χ4n) is 2.95. The Hall–Kier alpha value is -1.84. The summed E-state index contributed by atoms with van der Waals surface area (Å²) in [6.07, 6.45) is 3.05. The molecule has 0 saturated carbocycles. The number of nitrogens with one attached hydrogen (secondary N) is 2. The number of methoxy groups -OCH3 is 1. The van der Waals surface area contributed by atoms with Crippen molar-refractivity contribution in [2.45, 2.75) is 32.4 Å². The molecule has 1 aliphatic heterocycles. The predicted octanol–water partition coefficient (Wildman–Crippen LogP) is 1.76. The van der Waals surface area contributed by atoms with Crippen molar-refractivity contribution in [2.24, 2.45) is 4.99 Å². The van der Waals surface area contributed by atoms with Gasteiger partial charge in [0.15, 0.2) is 11.8 Å². The summed E-state index contributed by atoms with van der Waals surface area (Å²) in [5, 5.41) is 15.1. The van der Waals surface area contributed by atoms with Crippen LogP contribution in [0.25, 0.3) is 0 Å². The van der Waals surface area contributed by atoms with Crippen LogP contribution in [0.1, 0.15) is 23.6 Å². The van der Waals surface area contributed by atoms with E-state index in [2.05, 4.69) is 36.5 Å². The third-order valence-electron chi connectivity index (χ3n) is 4.20. The van der Waals surface area contributed by atoms with Gasteiger partial charge >= 0.3 is 0 Å². The van der Waals surface area contributed by atoms with Crippen molar-refractivity contribution in [3.8, 4) is 5.75 Å². The zero-order chi connectivity index (χ0) is 16.8. The van der Waals surface area contributed by atoms with Crippen LogP contribution in [0.15, 0.2) is 29.3 Å². The van der Waals surface area contributed by atoms with Crippen LogP contribution < -0.4 is 15.4 Å². The molecular formula is C17H25IN6O. The number of benzene rings is 1. The number of hydrogen-bond acceptors (Lipinski definition) is 4. The molecule has 2 aromatic rings. The molecule has 7 nitrogen and oxygen atoms in total. The molecule has 0 saturated heterocycles. The number of guanidine groups is 1. The van der Waals surface area contributed by atoms with Crippen LogP contribution in [-0.4, -0.2) is 41.4 Å². The minimum Gasteiger partial charge on any atom is -0.496 e. The molecule has 2 heterocycles. The van der Waals surface area contributed by atoms with Crippen LogP contribution >= 0.6 is 24.0 Å². The summed E-state index contributed by atoms with van der Waals surface area (Å²) in [4.78, 5) is 4.26. The standard InChI is InChI=1S/C17H24N6O.HI/c1-18-17(19-10-9-13-6-3-4-7-14(13)24-2)20-12-16-22-21-15-8-5-11-23(15)16;/h3-4,6-7H,5,8-12H2,1-2H3,(H2,18,19,20);1H. The summed E-state index contributed by atoms with van der Waals surface area (Å²) < 4.78 is 7.57. The van der Waals surface area contributed by atoms with Gasteiger partial charge in [0.2, 0.25) is 0 Å². The normalized spacial score (nSPS) is 13.1. The molecule has 136 valence electrons. The first-order valence-electron chi connectivity index (χ1n) is 8.29. The summed E-state index contributed by atoms with van der Waals surface area (Å²) >= 11 is 0. The zero-order valence-corrected chi connectivity index (χ0v) is 17.0. The Balaban J connectivity index is 0.00000225. The molecule has 0 unspecified atom stereocenters. The quantitative estimate of drug-likeness (QED) is 0.394. The Labute approximate surface area is 165 Å². The fourth-order valence-corrected chi connectivity index (χ4v) is 2.95. The number of aryl methyl sites for hydroxylation is 1. The first kappa shape index (κ1) is 19.5. The first-order chi connectivity index (χ1) is 11.8. The second kappa shape index (κ2) is 9.59. The molecule has 0 atom stereocenters. The third-order valence-corrected chi connectivity index (χ3v) is 4.20. The van der Waals surface area contributed by atoms with Gasteiger partial charge in [0.25, 0.3) is 0 Å². The number of nitrogens with zero attached hydrogens (tertiary/aromatic N) is 4. The van der Waals surface area contributed by atoms with Crippen molar-refractivity contribution in [3.63, 3.8) is 0 Å². The summed E-state index contributed by atoms with van der Waals surface area (Å²) in [5.41, 5.74) is 1.18. The topological polar surface area (TPSA) is 76.4 Å². The molecular weight excluding hydrogens is 431 g/mol. The Kier molecular flexibility index (Phi) is 7.48. The smallest absolute Gasteiger partial charge is 0.191 e. The molecule has 0 bridgehead atoms. The van der Waals surface area contributed by atoms with Crippen LogP contribution in [0, 0.1) is 0 Å². The van der Waals surface area contributed by atoms with Crippen molar-refractivity contribution < 1.29 is 4.74 Å². The van der Waals surface area contributed by atoms with Crippen LogP contribution in [0.3, 0.4) is 0 Å². The molecule has 2 N–H and O–H groups in total. The summed E-state index contributed by atoms with van der Waals surface area (Å²) in [6.45, 7) is 2.42. The summed E-state index contributed by atoms with van der Waals surface area (Å²) in [5.74, 6) is 3.74. The van der Waals surface area contributed by atoms with Gasteiger partial charge in [0, 0.05) is 26.6 Å². The second-order valence-corrected chi connectivity index (χ2v) is 5.70. The fraction of sp³-hybridized carbons (Fsp3) is 0.471. The van der Waals surface area contributed by atoms with Crippen molar-refractivity contribution in [3.05, 3.63) is 41.5 Å². The van der Waals surface area contributed by atoms with Crippen molar-refractivity contribution in [1.82, 2.24) is 25.4 Å². The lowest BCUT2D eigenvalue weighted by Gasteiger charge is -2.13. The highest BCUT2D eigenvalue weighted by atomic mass is 127. The minimum absolute atomic E-state index is 0. The maximum Gasteiger partial charge on any atom is 0.191 e. The zero-order valence-electron chi connectivity index (χ0n) is 14.7. The van der Waals surface area contributed by atoms with Crippen molar-refractivity contribution in [1.29, 1.82) is 0 Å². The molecule has 25 heavy (non-hydrogen) atoms. The molecule has 8 heteroatoms. The largest absolute Gasteiger partial charge is 0.496 e. The number of rotatable bonds is 6. The average molecular weight is 456 g/mol. The van der Waals surface area contributed by atoms with E-state index in [1.54, 1.807) is 14.2 Å². The molecule has 0 fully saturated rings. The number of aromatic nitrogens is 3. The number of halogens is 1. The maximum atomic E-state index is 5.38. The molecule has 3 rings (SSSR count). The number of fused-ring (bicyclic) bond motifs is 1. The van der Waals surface area contributed by atoms with Gasteiger partial charge < -0.3 is 19.9 Å². The molecule has 1 aromatic carbocycles. The minimum atomic E-state index is 0. The van der Waals surface area contributed by atoms with E-state index in [0.717, 1.165) is 55.7 Å². The molecule has 1 aliphatic rings. The lowest BCUT2D eigenvalue weighted by atomic mass is 10.1. The molecule has 0 spiro atoms. The molecule has 0 radical (unpaired) electrons.